The van der Waals surface area contributed by atoms with Crippen molar-refractivity contribution in [1.82, 2.24) is 20.5 Å². The number of nitrogens with zero attached hydrogens (tertiary/aromatic N) is 2. The number of nitrogens with one attached hydrogen (secondary N) is 2. The lowest BCUT2D eigenvalue weighted by atomic mass is 10.2. The van der Waals surface area contributed by atoms with Crippen LogP contribution >= 0.6 is 0 Å². The number of aromatic nitrogens is 3. The highest BCUT2D eigenvalue weighted by Crippen LogP contribution is 2.19. The molecule has 1 aromatic carbocycles. The van der Waals surface area contributed by atoms with Gasteiger partial charge in [0.15, 0.2) is 5.82 Å². The first-order chi connectivity index (χ1) is 13.5. The first-order valence-electron chi connectivity index (χ1n) is 9.62. The van der Waals surface area contributed by atoms with E-state index in [2.05, 4.69) is 20.5 Å². The minimum atomic E-state index is -0.334. The smallest absolute Gasteiger partial charge is 0.273 e. The number of hydrogen-bond donors (Lipinski definition) is 2. The summed E-state index contributed by atoms with van der Waals surface area (Å²) >= 11 is 0. The number of carbonyl (C=O) groups excluding carboxylic acids is 1. The van der Waals surface area contributed by atoms with Crippen molar-refractivity contribution in [1.29, 1.82) is 0 Å². The van der Waals surface area contributed by atoms with E-state index in [0.29, 0.717) is 12.4 Å². The largest absolute Gasteiger partial charge is 0.491 e. The standard InChI is InChI=1S/C20H26N4O4/c1-13(2)28-15-7-5-14(6-8-15)19-22-20(26)17(23-24-19)9-10-18(25)21-12-16-4-3-11-27-16/h5-8,13,16H,3-4,9-12H2,1-2H3,(H,21,25)(H,22,24,26)/t16-/m1/s1. The van der Waals surface area contributed by atoms with E-state index in [1.165, 1.54) is 0 Å². The van der Waals surface area contributed by atoms with Crippen LogP contribution < -0.4 is 15.6 Å². The van der Waals surface area contributed by atoms with Crippen LogP contribution in [0.3, 0.4) is 0 Å². The molecule has 0 bridgehead atoms. The number of aryl methyl sites for hydroxylation is 1. The fraction of sp³-hybridized carbons (Fsp3) is 0.500. The topological polar surface area (TPSA) is 106 Å². The lowest BCUT2D eigenvalue weighted by Gasteiger charge is -2.10. The molecule has 0 spiro atoms. The van der Waals surface area contributed by atoms with Crippen LogP contribution in [0.2, 0.25) is 0 Å². The van der Waals surface area contributed by atoms with Gasteiger partial charge in [0.25, 0.3) is 5.56 Å². The van der Waals surface area contributed by atoms with E-state index in [-0.39, 0.29) is 42.2 Å². The van der Waals surface area contributed by atoms with Gasteiger partial charge in [-0.3, -0.25) is 9.59 Å². The molecule has 1 aliphatic heterocycles. The number of amides is 1. The van der Waals surface area contributed by atoms with Gasteiger partial charge in [0.1, 0.15) is 11.4 Å². The lowest BCUT2D eigenvalue weighted by molar-refractivity contribution is -0.121. The van der Waals surface area contributed by atoms with Crippen LogP contribution in [-0.4, -0.2) is 46.4 Å². The van der Waals surface area contributed by atoms with Crippen molar-refractivity contribution in [2.24, 2.45) is 0 Å². The van der Waals surface area contributed by atoms with Gasteiger partial charge in [-0.1, -0.05) is 0 Å². The zero-order chi connectivity index (χ0) is 19.9. The molecule has 1 aliphatic rings. The van der Waals surface area contributed by atoms with E-state index in [9.17, 15) is 9.59 Å². The van der Waals surface area contributed by atoms with Gasteiger partial charge in [0.2, 0.25) is 5.91 Å². The molecule has 8 nitrogen and oxygen atoms in total. The Hall–Kier alpha value is -2.74. The number of rotatable bonds is 8. The van der Waals surface area contributed by atoms with E-state index in [1.807, 2.05) is 38.1 Å². The molecule has 0 radical (unpaired) electrons. The molecule has 150 valence electrons. The summed E-state index contributed by atoms with van der Waals surface area (Å²) in [5.41, 5.74) is 0.650. The summed E-state index contributed by atoms with van der Waals surface area (Å²) in [4.78, 5) is 26.9. The second kappa shape index (κ2) is 9.45. The predicted octanol–water partition coefficient (Wildman–Crippen LogP) is 1.85. The summed E-state index contributed by atoms with van der Waals surface area (Å²) in [5.74, 6) is 1.01. The first-order valence-corrected chi connectivity index (χ1v) is 9.62. The number of hydrogen-bond acceptors (Lipinski definition) is 6. The second-order valence-electron chi connectivity index (χ2n) is 7.08. The SMILES string of the molecule is CC(C)Oc1ccc(-c2nnc(CCC(=O)NC[C@H]3CCCO3)c(=O)[nH]2)cc1. The Balaban J connectivity index is 1.54. The Morgan fingerprint density at radius 3 is 2.75 bits per heavy atom. The number of ether oxygens (including phenoxy) is 2. The summed E-state index contributed by atoms with van der Waals surface area (Å²) in [5, 5.41) is 10.9. The Labute approximate surface area is 163 Å². The number of aromatic amines is 1. The average molecular weight is 386 g/mol. The Morgan fingerprint density at radius 2 is 2.11 bits per heavy atom. The van der Waals surface area contributed by atoms with E-state index < -0.39 is 0 Å². The van der Waals surface area contributed by atoms with Gasteiger partial charge in [-0.2, -0.15) is 0 Å². The van der Waals surface area contributed by atoms with Crippen LogP contribution in [0.5, 0.6) is 5.75 Å². The van der Waals surface area contributed by atoms with E-state index in [4.69, 9.17) is 9.47 Å². The molecule has 28 heavy (non-hydrogen) atoms. The summed E-state index contributed by atoms with van der Waals surface area (Å²) in [6.45, 7) is 5.18. The van der Waals surface area contributed by atoms with Crippen molar-refractivity contribution in [3.63, 3.8) is 0 Å². The number of benzene rings is 1. The van der Waals surface area contributed by atoms with Crippen LogP contribution in [0, 0.1) is 0 Å². The zero-order valence-corrected chi connectivity index (χ0v) is 16.2. The molecule has 3 rings (SSSR count). The molecular formula is C20H26N4O4. The summed E-state index contributed by atoms with van der Waals surface area (Å²) in [7, 11) is 0. The average Bonchev–Trinajstić information content (AvgIpc) is 3.19. The van der Waals surface area contributed by atoms with Crippen molar-refractivity contribution in [2.75, 3.05) is 13.2 Å². The fourth-order valence-electron chi connectivity index (χ4n) is 2.97. The van der Waals surface area contributed by atoms with Gasteiger partial charge in [-0.15, -0.1) is 10.2 Å². The van der Waals surface area contributed by atoms with Gasteiger partial charge >= 0.3 is 0 Å². The quantitative estimate of drug-likeness (QED) is 0.717. The molecular weight excluding hydrogens is 360 g/mol. The molecule has 0 aliphatic carbocycles. The normalized spacial score (nSPS) is 16.3. The van der Waals surface area contributed by atoms with E-state index in [0.717, 1.165) is 30.8 Å². The molecule has 1 aromatic heterocycles. The Morgan fingerprint density at radius 1 is 1.32 bits per heavy atom. The first kappa shape index (κ1) is 20.0. The molecule has 0 unspecified atom stereocenters. The van der Waals surface area contributed by atoms with Crippen molar-refractivity contribution >= 4 is 5.91 Å². The van der Waals surface area contributed by atoms with Gasteiger partial charge < -0.3 is 19.8 Å². The second-order valence-corrected chi connectivity index (χ2v) is 7.08. The maximum absolute atomic E-state index is 12.3. The third kappa shape index (κ3) is 5.63. The van der Waals surface area contributed by atoms with Crippen LogP contribution in [0.25, 0.3) is 11.4 Å². The molecule has 2 heterocycles. The zero-order valence-electron chi connectivity index (χ0n) is 16.2. The minimum absolute atomic E-state index is 0.0904. The molecule has 2 aromatic rings. The van der Waals surface area contributed by atoms with Gasteiger partial charge in [-0.25, -0.2) is 0 Å². The molecule has 1 amide bonds. The van der Waals surface area contributed by atoms with Crippen molar-refractivity contribution < 1.29 is 14.3 Å². The monoisotopic (exact) mass is 386 g/mol. The van der Waals surface area contributed by atoms with Crippen molar-refractivity contribution in [3.05, 3.63) is 40.3 Å². The predicted molar refractivity (Wildman–Crippen MR) is 104 cm³/mol. The molecule has 0 saturated carbocycles. The molecule has 1 atom stereocenters. The summed E-state index contributed by atoms with van der Waals surface area (Å²) in [6.07, 6.45) is 2.62. The minimum Gasteiger partial charge on any atom is -0.491 e. The molecule has 1 fully saturated rings. The highest BCUT2D eigenvalue weighted by atomic mass is 16.5. The van der Waals surface area contributed by atoms with Gasteiger partial charge in [0, 0.05) is 31.6 Å². The Kier molecular flexibility index (Phi) is 6.76. The molecule has 8 heteroatoms. The van der Waals surface area contributed by atoms with Crippen LogP contribution in [0.4, 0.5) is 0 Å². The lowest BCUT2D eigenvalue weighted by Crippen LogP contribution is -2.32. The van der Waals surface area contributed by atoms with Crippen molar-refractivity contribution in [3.8, 4) is 17.1 Å². The number of carbonyl (C=O) groups is 1. The van der Waals surface area contributed by atoms with Crippen molar-refractivity contribution in [2.45, 2.75) is 51.7 Å². The highest BCUT2D eigenvalue weighted by Gasteiger charge is 2.16. The highest BCUT2D eigenvalue weighted by molar-refractivity contribution is 5.76. The maximum Gasteiger partial charge on any atom is 0.273 e. The molecule has 2 N–H and O–H groups in total. The third-order valence-corrected chi connectivity index (χ3v) is 4.40. The molecule has 1 saturated heterocycles. The van der Waals surface area contributed by atoms with E-state index in [1.54, 1.807) is 0 Å². The van der Waals surface area contributed by atoms with Gasteiger partial charge in [0.05, 0.1) is 12.2 Å². The van der Waals surface area contributed by atoms with Gasteiger partial charge in [-0.05, 0) is 51.0 Å². The van der Waals surface area contributed by atoms with Crippen LogP contribution in [0.1, 0.15) is 38.8 Å². The third-order valence-electron chi connectivity index (χ3n) is 4.40. The summed E-state index contributed by atoms with van der Waals surface area (Å²) in [6, 6.07) is 7.27. The fourth-order valence-corrected chi connectivity index (χ4v) is 2.97. The van der Waals surface area contributed by atoms with Crippen LogP contribution in [-0.2, 0) is 16.0 Å². The Bertz CT molecular complexity index is 842. The maximum atomic E-state index is 12.3. The summed E-state index contributed by atoms with van der Waals surface area (Å²) < 4.78 is 11.1. The van der Waals surface area contributed by atoms with E-state index >= 15 is 0 Å². The number of H-pyrrole nitrogens is 1. The van der Waals surface area contributed by atoms with Crippen LogP contribution in [0.15, 0.2) is 29.1 Å².